The van der Waals surface area contributed by atoms with Crippen LogP contribution in [-0.4, -0.2) is 29.1 Å². The van der Waals surface area contributed by atoms with Crippen LogP contribution in [0, 0.1) is 5.92 Å². The van der Waals surface area contributed by atoms with Crippen LogP contribution in [0.5, 0.6) is 0 Å². The van der Waals surface area contributed by atoms with Crippen LogP contribution in [0.3, 0.4) is 0 Å². The summed E-state index contributed by atoms with van der Waals surface area (Å²) >= 11 is 5.50. The van der Waals surface area contributed by atoms with E-state index < -0.39 is 0 Å². The zero-order chi connectivity index (χ0) is 9.84. The largest absolute Gasteiger partial charge is 0.283 e. The summed E-state index contributed by atoms with van der Waals surface area (Å²) in [4.78, 5) is 24.1. The molecular weight excluding hydrogens is 190 g/mol. The second kappa shape index (κ2) is 4.61. The maximum Gasteiger partial charge on any atom is 0.229 e. The van der Waals surface area contributed by atoms with E-state index in [1.54, 1.807) is 0 Å². The summed E-state index contributed by atoms with van der Waals surface area (Å²) in [5, 5.41) is 0. The van der Waals surface area contributed by atoms with Gasteiger partial charge in [-0.3, -0.25) is 14.5 Å². The molecule has 0 atom stereocenters. The van der Waals surface area contributed by atoms with Crippen molar-refractivity contribution in [2.24, 2.45) is 5.92 Å². The fourth-order valence-corrected chi connectivity index (χ4v) is 1.61. The van der Waals surface area contributed by atoms with Crippen molar-refractivity contribution in [3.05, 3.63) is 0 Å². The highest BCUT2D eigenvalue weighted by Crippen LogP contribution is 2.18. The highest BCUT2D eigenvalue weighted by atomic mass is 35.5. The molecule has 0 radical (unpaired) electrons. The number of hydrogen-bond donors (Lipinski definition) is 0. The van der Waals surface area contributed by atoms with Crippen molar-refractivity contribution in [1.29, 1.82) is 0 Å². The molecule has 2 amide bonds. The number of halogens is 1. The van der Waals surface area contributed by atoms with Gasteiger partial charge in [-0.2, -0.15) is 0 Å². The van der Waals surface area contributed by atoms with Gasteiger partial charge in [0.1, 0.15) is 0 Å². The highest BCUT2D eigenvalue weighted by molar-refractivity contribution is 6.17. The molecule has 0 unspecified atom stereocenters. The van der Waals surface area contributed by atoms with Crippen LogP contribution in [0.1, 0.15) is 26.2 Å². The van der Waals surface area contributed by atoms with Crippen molar-refractivity contribution < 1.29 is 9.59 Å². The molecule has 1 saturated heterocycles. The molecule has 0 aromatic carbocycles. The number of amides is 2. The van der Waals surface area contributed by atoms with Gasteiger partial charge in [-0.25, -0.2) is 0 Å². The number of hydrogen-bond acceptors (Lipinski definition) is 2. The van der Waals surface area contributed by atoms with Gasteiger partial charge in [0, 0.05) is 25.3 Å². The zero-order valence-electron chi connectivity index (χ0n) is 7.75. The summed E-state index contributed by atoms with van der Waals surface area (Å²) in [6.07, 6.45) is 1.68. The van der Waals surface area contributed by atoms with Gasteiger partial charge in [0.15, 0.2) is 0 Å². The number of carbonyl (C=O) groups is 2. The average Bonchev–Trinajstić information content (AvgIpc) is 2.02. The summed E-state index contributed by atoms with van der Waals surface area (Å²) in [7, 11) is 0. The van der Waals surface area contributed by atoms with Crippen molar-refractivity contribution in [2.45, 2.75) is 26.2 Å². The highest BCUT2D eigenvalue weighted by Gasteiger charge is 2.29. The zero-order valence-corrected chi connectivity index (χ0v) is 8.51. The summed E-state index contributed by atoms with van der Waals surface area (Å²) in [6, 6.07) is 0. The third-order valence-corrected chi connectivity index (χ3v) is 2.43. The van der Waals surface area contributed by atoms with E-state index in [0.717, 1.165) is 0 Å². The lowest BCUT2D eigenvalue weighted by Crippen LogP contribution is -2.43. The number of nitrogens with zero attached hydrogens (tertiary/aromatic N) is 1. The quantitative estimate of drug-likeness (QED) is 0.514. The van der Waals surface area contributed by atoms with Crippen LogP contribution >= 0.6 is 11.6 Å². The van der Waals surface area contributed by atoms with Crippen molar-refractivity contribution in [2.75, 3.05) is 12.4 Å². The topological polar surface area (TPSA) is 37.4 Å². The second-order valence-corrected chi connectivity index (χ2v) is 3.87. The first-order chi connectivity index (χ1) is 6.15. The maximum absolute atomic E-state index is 11.4. The lowest BCUT2D eigenvalue weighted by Gasteiger charge is -2.27. The average molecular weight is 204 g/mol. The summed E-state index contributed by atoms with van der Waals surface area (Å²) < 4.78 is 0. The molecule has 13 heavy (non-hydrogen) atoms. The molecule has 0 saturated carbocycles. The Morgan fingerprint density at radius 2 is 1.92 bits per heavy atom. The van der Waals surface area contributed by atoms with E-state index >= 15 is 0 Å². The summed E-state index contributed by atoms with van der Waals surface area (Å²) in [6.45, 7) is 2.41. The van der Waals surface area contributed by atoms with E-state index in [-0.39, 0.29) is 17.7 Å². The normalized spacial score (nSPS) is 19.7. The summed E-state index contributed by atoms with van der Waals surface area (Å²) in [5.41, 5.74) is 0. The van der Waals surface area contributed by atoms with E-state index in [1.165, 1.54) is 4.90 Å². The van der Waals surface area contributed by atoms with E-state index in [1.807, 2.05) is 6.92 Å². The number of alkyl halides is 1. The van der Waals surface area contributed by atoms with E-state index in [9.17, 15) is 9.59 Å². The molecule has 0 N–H and O–H groups in total. The van der Waals surface area contributed by atoms with Crippen LogP contribution in [0.2, 0.25) is 0 Å². The van der Waals surface area contributed by atoms with Gasteiger partial charge in [-0.15, -0.1) is 11.6 Å². The monoisotopic (exact) mass is 203 g/mol. The Bertz CT molecular complexity index is 200. The van der Waals surface area contributed by atoms with Gasteiger partial charge in [-0.1, -0.05) is 6.92 Å². The Labute approximate surface area is 83.0 Å². The van der Waals surface area contributed by atoms with Crippen LogP contribution in [0.15, 0.2) is 0 Å². The SMILES string of the molecule is CC1CC(=O)N(CCCCl)C(=O)C1. The molecule has 1 rings (SSSR count). The number of piperidine rings is 1. The fraction of sp³-hybridized carbons (Fsp3) is 0.778. The van der Waals surface area contributed by atoms with Crippen molar-refractivity contribution >= 4 is 23.4 Å². The molecule has 0 aromatic heterocycles. The van der Waals surface area contributed by atoms with Crippen LogP contribution in [0.4, 0.5) is 0 Å². The predicted molar refractivity (Wildman–Crippen MR) is 50.5 cm³/mol. The lowest BCUT2D eigenvalue weighted by molar-refractivity contribution is -0.149. The molecule has 3 nitrogen and oxygen atoms in total. The molecule has 0 spiro atoms. The Hall–Kier alpha value is -0.570. The third-order valence-electron chi connectivity index (χ3n) is 2.16. The van der Waals surface area contributed by atoms with Gasteiger partial charge < -0.3 is 0 Å². The van der Waals surface area contributed by atoms with E-state index in [0.29, 0.717) is 31.7 Å². The van der Waals surface area contributed by atoms with Gasteiger partial charge in [-0.05, 0) is 12.3 Å². The molecule has 4 heteroatoms. The molecule has 1 heterocycles. The Balaban J connectivity index is 2.52. The number of likely N-dealkylation sites (tertiary alicyclic amines) is 1. The maximum atomic E-state index is 11.4. The fourth-order valence-electron chi connectivity index (χ4n) is 1.50. The minimum absolute atomic E-state index is 0.0473. The Morgan fingerprint density at radius 1 is 1.38 bits per heavy atom. The van der Waals surface area contributed by atoms with Gasteiger partial charge >= 0.3 is 0 Å². The number of carbonyl (C=O) groups excluding carboxylic acids is 2. The standard InChI is InChI=1S/C9H14ClNO2/c1-7-5-8(12)11(4-2-3-10)9(13)6-7/h7H,2-6H2,1H3. The number of imide groups is 1. The van der Waals surface area contributed by atoms with Gasteiger partial charge in [0.05, 0.1) is 0 Å². The van der Waals surface area contributed by atoms with Crippen LogP contribution in [0.25, 0.3) is 0 Å². The lowest BCUT2D eigenvalue weighted by atomic mass is 9.98. The van der Waals surface area contributed by atoms with Crippen LogP contribution < -0.4 is 0 Å². The Kier molecular flexibility index (Phi) is 3.72. The molecule has 0 aromatic rings. The smallest absolute Gasteiger partial charge is 0.229 e. The van der Waals surface area contributed by atoms with Crippen molar-refractivity contribution in [3.63, 3.8) is 0 Å². The first-order valence-electron chi connectivity index (χ1n) is 4.54. The minimum atomic E-state index is -0.0473. The first kappa shape index (κ1) is 10.5. The molecule has 0 bridgehead atoms. The van der Waals surface area contributed by atoms with E-state index in [4.69, 9.17) is 11.6 Å². The molecular formula is C9H14ClNO2. The van der Waals surface area contributed by atoms with Crippen LogP contribution in [-0.2, 0) is 9.59 Å². The Morgan fingerprint density at radius 3 is 2.38 bits per heavy atom. The third kappa shape index (κ3) is 2.69. The molecule has 0 aliphatic carbocycles. The molecule has 1 fully saturated rings. The molecule has 1 aliphatic rings. The predicted octanol–water partition coefficient (Wildman–Crippen LogP) is 1.40. The van der Waals surface area contributed by atoms with Crippen molar-refractivity contribution in [1.82, 2.24) is 4.90 Å². The molecule has 1 aliphatic heterocycles. The van der Waals surface area contributed by atoms with Crippen molar-refractivity contribution in [3.8, 4) is 0 Å². The minimum Gasteiger partial charge on any atom is -0.283 e. The van der Waals surface area contributed by atoms with Gasteiger partial charge in [0.2, 0.25) is 11.8 Å². The van der Waals surface area contributed by atoms with Gasteiger partial charge in [0.25, 0.3) is 0 Å². The molecule has 74 valence electrons. The first-order valence-corrected chi connectivity index (χ1v) is 5.07. The second-order valence-electron chi connectivity index (χ2n) is 3.50. The summed E-state index contributed by atoms with van der Waals surface area (Å²) in [5.74, 6) is 0.599. The van der Waals surface area contributed by atoms with E-state index in [2.05, 4.69) is 0 Å². The number of rotatable bonds is 3.